The van der Waals surface area contributed by atoms with E-state index in [2.05, 4.69) is 15.3 Å². The Morgan fingerprint density at radius 1 is 1.05 bits per heavy atom. The molecular weight excluding hydrogens is 278 g/mol. The van der Waals surface area contributed by atoms with Crippen LogP contribution in [0.5, 0.6) is 5.75 Å². The van der Waals surface area contributed by atoms with Crippen molar-refractivity contribution in [3.8, 4) is 5.75 Å². The normalized spacial score (nSPS) is 10.4. The monoisotopic (exact) mass is 287 g/mol. The van der Waals surface area contributed by atoms with Crippen molar-refractivity contribution in [3.63, 3.8) is 0 Å². The Hall–Kier alpha value is -2.38. The molecule has 1 aromatic heterocycles. The number of halogens is 4. The molecule has 0 unspecified atom stereocenters. The second kappa shape index (κ2) is 5.72. The lowest BCUT2D eigenvalue weighted by atomic mass is 10.3. The van der Waals surface area contributed by atoms with Crippen LogP contribution >= 0.6 is 0 Å². The molecule has 1 N–H and O–H groups in total. The molecule has 0 spiro atoms. The average molecular weight is 287 g/mol. The molecule has 0 aliphatic carbocycles. The van der Waals surface area contributed by atoms with Crippen molar-refractivity contribution >= 4 is 5.82 Å². The molecule has 0 atom stereocenters. The Balaban J connectivity index is 2.18. The summed E-state index contributed by atoms with van der Waals surface area (Å²) >= 11 is 0. The van der Waals surface area contributed by atoms with Gasteiger partial charge in [-0.3, -0.25) is 4.98 Å². The van der Waals surface area contributed by atoms with Gasteiger partial charge in [0, 0.05) is 13.1 Å². The van der Waals surface area contributed by atoms with Crippen LogP contribution in [0.1, 0.15) is 5.69 Å². The lowest BCUT2D eigenvalue weighted by Gasteiger charge is -2.09. The molecule has 0 fully saturated rings. The van der Waals surface area contributed by atoms with Crippen molar-refractivity contribution in [2.24, 2.45) is 0 Å². The zero-order valence-corrected chi connectivity index (χ0v) is 10.3. The molecular formula is C12H9F4N3O. The summed E-state index contributed by atoms with van der Waals surface area (Å²) in [4.78, 5) is 7.79. The van der Waals surface area contributed by atoms with Crippen molar-refractivity contribution in [1.82, 2.24) is 9.97 Å². The van der Waals surface area contributed by atoms with E-state index < -0.39 is 29.0 Å². The van der Waals surface area contributed by atoms with Gasteiger partial charge in [-0.2, -0.15) is 8.78 Å². The summed E-state index contributed by atoms with van der Waals surface area (Å²) in [7, 11) is 1.64. The molecule has 0 bridgehead atoms. The zero-order valence-electron chi connectivity index (χ0n) is 10.3. The van der Waals surface area contributed by atoms with Crippen LogP contribution in [0.15, 0.2) is 18.5 Å². The zero-order chi connectivity index (χ0) is 14.7. The topological polar surface area (TPSA) is 47.0 Å². The van der Waals surface area contributed by atoms with Crippen molar-refractivity contribution in [3.05, 3.63) is 47.4 Å². The van der Waals surface area contributed by atoms with Gasteiger partial charge in [0.25, 0.3) is 0 Å². The quantitative estimate of drug-likeness (QED) is 0.693. The maximum Gasteiger partial charge on any atom is 0.203 e. The third-order valence-electron chi connectivity index (χ3n) is 2.40. The number of rotatable bonds is 4. The summed E-state index contributed by atoms with van der Waals surface area (Å²) in [5, 5.41) is 2.73. The fraction of sp³-hybridized carbons (Fsp3) is 0.167. The van der Waals surface area contributed by atoms with Gasteiger partial charge < -0.3 is 10.1 Å². The first-order chi connectivity index (χ1) is 9.52. The summed E-state index contributed by atoms with van der Waals surface area (Å²) in [6.07, 6.45) is 2.68. The van der Waals surface area contributed by atoms with Gasteiger partial charge in [0.1, 0.15) is 12.4 Å². The van der Waals surface area contributed by atoms with Crippen molar-refractivity contribution < 1.29 is 22.3 Å². The molecule has 0 radical (unpaired) electrons. The molecule has 2 aromatic rings. The third-order valence-corrected chi connectivity index (χ3v) is 2.40. The van der Waals surface area contributed by atoms with Crippen molar-refractivity contribution in [2.75, 3.05) is 12.4 Å². The second-order valence-corrected chi connectivity index (χ2v) is 3.73. The average Bonchev–Trinajstić information content (AvgIpc) is 2.46. The minimum absolute atomic E-state index is 0.110. The van der Waals surface area contributed by atoms with Crippen LogP contribution in [0.4, 0.5) is 23.4 Å². The predicted molar refractivity (Wildman–Crippen MR) is 62.2 cm³/mol. The molecule has 0 aliphatic heterocycles. The first kappa shape index (κ1) is 14.0. The van der Waals surface area contributed by atoms with E-state index in [1.165, 1.54) is 12.4 Å². The number of ether oxygens (including phenoxy) is 1. The number of benzene rings is 1. The minimum atomic E-state index is -1.59. The summed E-state index contributed by atoms with van der Waals surface area (Å²) < 4.78 is 57.3. The smallest absolute Gasteiger partial charge is 0.203 e. The number of anilines is 1. The van der Waals surface area contributed by atoms with E-state index in [-0.39, 0.29) is 18.4 Å². The van der Waals surface area contributed by atoms with Gasteiger partial charge >= 0.3 is 0 Å². The highest BCUT2D eigenvalue weighted by Crippen LogP contribution is 2.26. The Bertz CT molecular complexity index is 593. The first-order valence-corrected chi connectivity index (χ1v) is 5.47. The summed E-state index contributed by atoms with van der Waals surface area (Å²) in [6.45, 7) is -0.381. The van der Waals surface area contributed by atoms with E-state index in [1.54, 1.807) is 7.05 Å². The van der Waals surface area contributed by atoms with E-state index in [4.69, 9.17) is 4.74 Å². The number of nitrogens with zero attached hydrogens (tertiary/aromatic N) is 2. The summed E-state index contributed by atoms with van der Waals surface area (Å²) in [6, 6.07) is 0.110. The van der Waals surface area contributed by atoms with Crippen LogP contribution in [0.25, 0.3) is 0 Å². The van der Waals surface area contributed by atoms with Crippen LogP contribution in [0, 0.1) is 23.3 Å². The van der Waals surface area contributed by atoms with Crippen molar-refractivity contribution in [1.29, 1.82) is 0 Å². The third kappa shape index (κ3) is 2.79. The van der Waals surface area contributed by atoms with E-state index in [1.807, 2.05) is 0 Å². The molecule has 4 nitrogen and oxygen atoms in total. The molecule has 1 aromatic carbocycles. The molecule has 1 heterocycles. The van der Waals surface area contributed by atoms with Crippen LogP contribution in [-0.2, 0) is 6.61 Å². The van der Waals surface area contributed by atoms with E-state index in [0.717, 1.165) is 0 Å². The van der Waals surface area contributed by atoms with Gasteiger partial charge in [-0.05, 0) is 0 Å². The highest BCUT2D eigenvalue weighted by atomic mass is 19.2. The number of aromatic nitrogens is 2. The Kier molecular flexibility index (Phi) is 4.02. The lowest BCUT2D eigenvalue weighted by Crippen LogP contribution is -2.05. The Labute approximate surface area is 111 Å². The predicted octanol–water partition coefficient (Wildman–Crippen LogP) is 2.65. The van der Waals surface area contributed by atoms with Gasteiger partial charge in [-0.25, -0.2) is 13.8 Å². The molecule has 106 valence electrons. The fourth-order valence-electron chi connectivity index (χ4n) is 1.38. The van der Waals surface area contributed by atoms with Gasteiger partial charge in [-0.15, -0.1) is 0 Å². The molecule has 0 amide bonds. The van der Waals surface area contributed by atoms with Crippen LogP contribution in [0.2, 0.25) is 0 Å². The SMILES string of the molecule is CNc1cnc(COc2c(F)c(F)cc(F)c2F)cn1. The fourth-order valence-corrected chi connectivity index (χ4v) is 1.38. The summed E-state index contributed by atoms with van der Waals surface area (Å²) in [5.74, 6) is -6.89. The minimum Gasteiger partial charge on any atom is -0.481 e. The highest BCUT2D eigenvalue weighted by molar-refractivity contribution is 5.30. The van der Waals surface area contributed by atoms with Gasteiger partial charge in [0.15, 0.2) is 17.4 Å². The highest BCUT2D eigenvalue weighted by Gasteiger charge is 2.20. The Morgan fingerprint density at radius 2 is 1.70 bits per heavy atom. The molecule has 2 rings (SSSR count). The number of nitrogens with one attached hydrogen (secondary N) is 1. The van der Waals surface area contributed by atoms with Crippen molar-refractivity contribution in [2.45, 2.75) is 6.61 Å². The number of hydrogen-bond acceptors (Lipinski definition) is 4. The van der Waals surface area contributed by atoms with Gasteiger partial charge in [0.05, 0.1) is 18.1 Å². The standard InChI is InChI=1S/C12H9F4N3O/c1-17-9-4-18-6(3-19-9)5-20-12-10(15)7(13)2-8(14)11(12)16/h2-4H,5H2,1H3,(H,17,19). The largest absolute Gasteiger partial charge is 0.481 e. The lowest BCUT2D eigenvalue weighted by molar-refractivity contribution is 0.258. The molecule has 8 heteroatoms. The van der Waals surface area contributed by atoms with Crippen LogP contribution < -0.4 is 10.1 Å². The van der Waals surface area contributed by atoms with Crippen LogP contribution in [0.3, 0.4) is 0 Å². The van der Waals surface area contributed by atoms with Gasteiger partial charge in [0.2, 0.25) is 11.6 Å². The van der Waals surface area contributed by atoms with Crippen LogP contribution in [-0.4, -0.2) is 17.0 Å². The van der Waals surface area contributed by atoms with E-state index >= 15 is 0 Å². The molecule has 0 aliphatic rings. The summed E-state index contributed by atoms with van der Waals surface area (Å²) in [5.41, 5.74) is 0.243. The maximum absolute atomic E-state index is 13.3. The maximum atomic E-state index is 13.3. The van der Waals surface area contributed by atoms with E-state index in [0.29, 0.717) is 5.82 Å². The molecule has 0 saturated heterocycles. The Morgan fingerprint density at radius 3 is 2.20 bits per heavy atom. The first-order valence-electron chi connectivity index (χ1n) is 5.47. The second-order valence-electron chi connectivity index (χ2n) is 3.73. The molecule has 20 heavy (non-hydrogen) atoms. The molecule has 0 saturated carbocycles. The van der Waals surface area contributed by atoms with E-state index in [9.17, 15) is 17.6 Å². The van der Waals surface area contributed by atoms with Gasteiger partial charge in [-0.1, -0.05) is 0 Å². The number of hydrogen-bond donors (Lipinski definition) is 1.